The van der Waals surface area contributed by atoms with Crippen LogP contribution in [-0.2, 0) is 10.5 Å². The molecule has 3 aromatic carbocycles. The van der Waals surface area contributed by atoms with Gasteiger partial charge >= 0.3 is 0 Å². The van der Waals surface area contributed by atoms with Gasteiger partial charge < -0.3 is 10.6 Å². The van der Waals surface area contributed by atoms with Crippen molar-refractivity contribution in [3.8, 4) is 0 Å². The van der Waals surface area contributed by atoms with Gasteiger partial charge in [-0.3, -0.25) is 4.79 Å². The predicted octanol–water partition coefficient (Wildman–Crippen LogP) is 7.19. The number of nitrogens with one attached hydrogen (secondary N) is 2. The first-order valence-corrected chi connectivity index (χ1v) is 13.8. The normalized spacial score (nSPS) is 14.8. The monoisotopic (exact) mass is 573 g/mol. The van der Waals surface area contributed by atoms with Crippen molar-refractivity contribution in [1.29, 1.82) is 0 Å². The quantitative estimate of drug-likeness (QED) is 0.239. The SMILES string of the molecule is CC1=C(C(=O)Nc2ccc(C)cc2C)[C@H](c2ccc(Br)cc2)n2nc(SCc3cccc(C)c3)nc2N1. The summed E-state index contributed by atoms with van der Waals surface area (Å²) in [6.45, 7) is 8.05. The third-order valence-corrected chi connectivity index (χ3v) is 7.78. The first-order valence-electron chi connectivity index (χ1n) is 12.1. The zero-order valence-electron chi connectivity index (χ0n) is 21.2. The molecule has 0 aliphatic carbocycles. The second-order valence-corrected chi connectivity index (χ2v) is 11.2. The van der Waals surface area contributed by atoms with E-state index in [-0.39, 0.29) is 5.91 Å². The molecule has 0 spiro atoms. The number of halogens is 1. The first kappa shape index (κ1) is 25.3. The van der Waals surface area contributed by atoms with Crippen LogP contribution in [0.2, 0.25) is 0 Å². The minimum Gasteiger partial charge on any atom is -0.328 e. The van der Waals surface area contributed by atoms with Crippen LogP contribution in [0.4, 0.5) is 11.6 Å². The van der Waals surface area contributed by atoms with Gasteiger partial charge in [0.1, 0.15) is 6.04 Å². The summed E-state index contributed by atoms with van der Waals surface area (Å²) in [6.07, 6.45) is 0. The first-order chi connectivity index (χ1) is 17.8. The van der Waals surface area contributed by atoms with Gasteiger partial charge in [0.15, 0.2) is 0 Å². The van der Waals surface area contributed by atoms with Gasteiger partial charge in [0.25, 0.3) is 5.91 Å². The summed E-state index contributed by atoms with van der Waals surface area (Å²) < 4.78 is 2.80. The van der Waals surface area contributed by atoms with Gasteiger partial charge in [-0.2, -0.15) is 4.98 Å². The van der Waals surface area contributed by atoms with E-state index in [4.69, 9.17) is 10.1 Å². The molecule has 2 heterocycles. The molecule has 1 aliphatic heterocycles. The van der Waals surface area contributed by atoms with Crippen molar-refractivity contribution in [2.45, 2.75) is 44.6 Å². The number of aromatic nitrogens is 3. The maximum atomic E-state index is 13.7. The van der Waals surface area contributed by atoms with Crippen LogP contribution in [0.3, 0.4) is 0 Å². The number of aryl methyl sites for hydroxylation is 3. The Labute approximate surface area is 229 Å². The number of rotatable bonds is 6. The maximum absolute atomic E-state index is 13.7. The van der Waals surface area contributed by atoms with Crippen LogP contribution in [-0.4, -0.2) is 20.7 Å². The molecule has 0 fully saturated rings. The molecule has 0 radical (unpaired) electrons. The Morgan fingerprint density at radius 2 is 1.78 bits per heavy atom. The lowest BCUT2D eigenvalue weighted by Crippen LogP contribution is -2.31. The Morgan fingerprint density at radius 3 is 2.51 bits per heavy atom. The highest BCUT2D eigenvalue weighted by atomic mass is 79.9. The van der Waals surface area contributed by atoms with Crippen LogP contribution in [0.25, 0.3) is 0 Å². The number of benzene rings is 3. The molecule has 5 rings (SSSR count). The average molecular weight is 575 g/mol. The van der Waals surface area contributed by atoms with Gasteiger partial charge in [0.05, 0.1) is 5.57 Å². The minimum absolute atomic E-state index is 0.167. The summed E-state index contributed by atoms with van der Waals surface area (Å²) >= 11 is 5.11. The molecule has 1 atom stereocenters. The molecule has 2 N–H and O–H groups in total. The van der Waals surface area contributed by atoms with E-state index < -0.39 is 6.04 Å². The van der Waals surface area contributed by atoms with E-state index >= 15 is 0 Å². The van der Waals surface area contributed by atoms with Gasteiger partial charge in [-0.05, 0) is 62.6 Å². The average Bonchev–Trinajstić information content (AvgIpc) is 3.26. The minimum atomic E-state index is -0.420. The number of fused-ring (bicyclic) bond motifs is 1. The number of amides is 1. The van der Waals surface area contributed by atoms with E-state index in [1.165, 1.54) is 11.1 Å². The summed E-state index contributed by atoms with van der Waals surface area (Å²) in [7, 11) is 0. The van der Waals surface area contributed by atoms with Crippen LogP contribution in [0.15, 0.2) is 87.6 Å². The topological polar surface area (TPSA) is 71.8 Å². The Hall–Kier alpha value is -3.36. The zero-order valence-corrected chi connectivity index (χ0v) is 23.6. The van der Waals surface area contributed by atoms with E-state index in [1.807, 2.05) is 61.9 Å². The van der Waals surface area contributed by atoms with E-state index in [0.29, 0.717) is 16.7 Å². The fourth-order valence-corrected chi connectivity index (χ4v) is 5.57. The molecule has 37 heavy (non-hydrogen) atoms. The molecule has 0 saturated heterocycles. The molecule has 8 heteroatoms. The largest absolute Gasteiger partial charge is 0.328 e. The molecule has 0 saturated carbocycles. The van der Waals surface area contributed by atoms with Gasteiger partial charge in [0, 0.05) is 21.6 Å². The van der Waals surface area contributed by atoms with E-state index in [2.05, 4.69) is 63.8 Å². The summed E-state index contributed by atoms with van der Waals surface area (Å²) in [5.74, 6) is 1.22. The summed E-state index contributed by atoms with van der Waals surface area (Å²) in [5.41, 5.74) is 7.73. The lowest BCUT2D eigenvalue weighted by molar-refractivity contribution is -0.113. The third kappa shape index (κ3) is 5.50. The molecule has 1 amide bonds. The van der Waals surface area contributed by atoms with Crippen LogP contribution >= 0.6 is 27.7 Å². The van der Waals surface area contributed by atoms with Crippen molar-refractivity contribution in [1.82, 2.24) is 14.8 Å². The molecule has 6 nitrogen and oxygen atoms in total. The highest BCUT2D eigenvalue weighted by Crippen LogP contribution is 2.37. The number of hydrogen-bond donors (Lipinski definition) is 2. The Balaban J connectivity index is 1.49. The van der Waals surface area contributed by atoms with Crippen molar-refractivity contribution < 1.29 is 4.79 Å². The van der Waals surface area contributed by atoms with Crippen LogP contribution < -0.4 is 10.6 Å². The van der Waals surface area contributed by atoms with Crippen molar-refractivity contribution in [2.24, 2.45) is 0 Å². The van der Waals surface area contributed by atoms with Gasteiger partial charge in [-0.25, -0.2) is 4.68 Å². The number of carbonyl (C=O) groups excluding carboxylic acids is 1. The molecule has 188 valence electrons. The summed E-state index contributed by atoms with van der Waals surface area (Å²) in [4.78, 5) is 18.5. The van der Waals surface area contributed by atoms with Crippen molar-refractivity contribution in [3.63, 3.8) is 0 Å². The zero-order chi connectivity index (χ0) is 26.1. The van der Waals surface area contributed by atoms with Crippen molar-refractivity contribution >= 4 is 45.2 Å². The Kier molecular flexibility index (Phi) is 7.22. The number of thioether (sulfide) groups is 1. The molecule has 0 unspecified atom stereocenters. The second-order valence-electron chi connectivity index (χ2n) is 9.33. The molecule has 1 aromatic heterocycles. The second kappa shape index (κ2) is 10.6. The number of allylic oxidation sites excluding steroid dienone is 1. The van der Waals surface area contributed by atoms with E-state index in [9.17, 15) is 4.79 Å². The highest BCUT2D eigenvalue weighted by molar-refractivity contribution is 9.10. The van der Waals surface area contributed by atoms with Gasteiger partial charge in [-0.1, -0.05) is 87.3 Å². The fourth-order valence-electron chi connectivity index (χ4n) is 4.53. The summed E-state index contributed by atoms with van der Waals surface area (Å²) in [6, 6.07) is 22.0. The number of nitrogens with zero attached hydrogens (tertiary/aromatic N) is 3. The molecule has 4 aromatic rings. The van der Waals surface area contributed by atoms with E-state index in [1.54, 1.807) is 11.8 Å². The third-order valence-electron chi connectivity index (χ3n) is 6.34. The molecule has 1 aliphatic rings. The standard InChI is InChI=1S/C29H28BrN5OS/c1-17-6-5-7-21(15-17)16-37-29-33-28-31-20(4)25(27(36)32-24-13-8-18(2)14-19(24)3)26(35(28)34-29)22-9-11-23(30)12-10-22/h5-15,26H,16H2,1-4H3,(H,32,36)(H,31,33,34)/t26-/m0/s1. The van der Waals surface area contributed by atoms with Crippen molar-refractivity contribution in [2.75, 3.05) is 10.6 Å². The maximum Gasteiger partial charge on any atom is 0.255 e. The lowest BCUT2D eigenvalue weighted by Gasteiger charge is -2.29. The molecule has 0 bridgehead atoms. The molecular weight excluding hydrogens is 546 g/mol. The van der Waals surface area contributed by atoms with Gasteiger partial charge in [-0.15, -0.1) is 5.10 Å². The number of anilines is 2. The van der Waals surface area contributed by atoms with Crippen LogP contribution in [0.1, 0.15) is 40.8 Å². The summed E-state index contributed by atoms with van der Waals surface area (Å²) in [5, 5.41) is 12.0. The Bertz CT molecular complexity index is 1510. The number of hydrogen-bond acceptors (Lipinski definition) is 5. The van der Waals surface area contributed by atoms with Crippen LogP contribution in [0, 0.1) is 20.8 Å². The number of carbonyl (C=O) groups is 1. The van der Waals surface area contributed by atoms with Gasteiger partial charge in [0.2, 0.25) is 11.1 Å². The smallest absolute Gasteiger partial charge is 0.255 e. The Morgan fingerprint density at radius 1 is 1.03 bits per heavy atom. The highest BCUT2D eigenvalue weighted by Gasteiger charge is 2.34. The lowest BCUT2D eigenvalue weighted by atomic mass is 9.95. The molecular formula is C29H28BrN5OS. The van der Waals surface area contributed by atoms with Crippen molar-refractivity contribution in [3.05, 3.63) is 110 Å². The fraction of sp³-hybridized carbons (Fsp3) is 0.207. The predicted molar refractivity (Wildman–Crippen MR) is 154 cm³/mol. The van der Waals surface area contributed by atoms with E-state index in [0.717, 1.165) is 38.3 Å². The van der Waals surface area contributed by atoms with Crippen LogP contribution in [0.5, 0.6) is 0 Å².